The van der Waals surface area contributed by atoms with Crippen molar-refractivity contribution in [1.82, 2.24) is 5.32 Å². The molecule has 1 aliphatic carbocycles. The maximum absolute atomic E-state index is 3.54. The largest absolute Gasteiger partial charge is 0.311 e. The van der Waals surface area contributed by atoms with Crippen LogP contribution in [0.2, 0.25) is 0 Å². The molecule has 2 aliphatic heterocycles. The number of nitrogens with one attached hydrogen (secondary N) is 1. The summed E-state index contributed by atoms with van der Waals surface area (Å²) in [7, 11) is 0. The van der Waals surface area contributed by atoms with Crippen LogP contribution in [0, 0.1) is 5.92 Å². The molecule has 0 aromatic rings. The Bertz CT molecular complexity index is 95.1. The van der Waals surface area contributed by atoms with Gasteiger partial charge in [0, 0.05) is 12.1 Å². The minimum atomic E-state index is 0.911. The van der Waals surface area contributed by atoms with Crippen molar-refractivity contribution in [1.29, 1.82) is 0 Å². The van der Waals surface area contributed by atoms with Crippen LogP contribution in [0.4, 0.5) is 0 Å². The summed E-state index contributed by atoms with van der Waals surface area (Å²) < 4.78 is 0. The van der Waals surface area contributed by atoms with E-state index in [0.717, 1.165) is 18.0 Å². The van der Waals surface area contributed by atoms with Gasteiger partial charge in [-0.05, 0) is 25.2 Å². The molecule has 2 bridgehead atoms. The maximum atomic E-state index is 3.54. The van der Waals surface area contributed by atoms with Crippen molar-refractivity contribution < 1.29 is 0 Å². The molecule has 3 fully saturated rings. The highest BCUT2D eigenvalue weighted by molar-refractivity contribution is 4.96. The monoisotopic (exact) mass is 125 g/mol. The van der Waals surface area contributed by atoms with Crippen molar-refractivity contribution in [2.75, 3.05) is 0 Å². The Morgan fingerprint density at radius 3 is 2.11 bits per heavy atom. The molecule has 2 unspecified atom stereocenters. The Morgan fingerprint density at radius 2 is 1.78 bits per heavy atom. The van der Waals surface area contributed by atoms with Gasteiger partial charge in [-0.2, -0.15) is 0 Å². The average molecular weight is 125 g/mol. The lowest BCUT2D eigenvalue weighted by Gasteiger charge is -2.46. The molecule has 3 rings (SSSR count). The molecule has 2 heterocycles. The first-order valence-corrected chi connectivity index (χ1v) is 4.14. The second kappa shape index (κ2) is 1.98. The minimum Gasteiger partial charge on any atom is -0.311 e. The lowest BCUT2D eigenvalue weighted by Crippen LogP contribution is -2.57. The first-order valence-electron chi connectivity index (χ1n) is 4.14. The zero-order valence-corrected chi connectivity index (χ0v) is 6.06. The first-order chi connectivity index (χ1) is 4.38. The van der Waals surface area contributed by atoms with E-state index in [1.165, 1.54) is 25.7 Å². The van der Waals surface area contributed by atoms with Gasteiger partial charge in [-0.15, -0.1) is 0 Å². The number of hydrogen-bond donors (Lipinski definition) is 1. The molecule has 1 N–H and O–H groups in total. The van der Waals surface area contributed by atoms with Crippen molar-refractivity contribution in [2.45, 2.75) is 44.7 Å². The van der Waals surface area contributed by atoms with Gasteiger partial charge in [-0.1, -0.05) is 13.3 Å². The number of piperidine rings is 1. The molecule has 2 atom stereocenters. The van der Waals surface area contributed by atoms with E-state index in [9.17, 15) is 0 Å². The summed E-state index contributed by atoms with van der Waals surface area (Å²) >= 11 is 0. The van der Waals surface area contributed by atoms with Crippen LogP contribution in [0.5, 0.6) is 0 Å². The summed E-state index contributed by atoms with van der Waals surface area (Å²) in [6.07, 6.45) is 5.77. The smallest absolute Gasteiger partial charge is 0.00871 e. The van der Waals surface area contributed by atoms with E-state index in [0.29, 0.717) is 0 Å². The van der Waals surface area contributed by atoms with Crippen molar-refractivity contribution in [3.63, 3.8) is 0 Å². The van der Waals surface area contributed by atoms with E-state index in [2.05, 4.69) is 12.2 Å². The van der Waals surface area contributed by atoms with Crippen LogP contribution >= 0.6 is 0 Å². The van der Waals surface area contributed by atoms with Gasteiger partial charge in [0.15, 0.2) is 0 Å². The predicted octanol–water partition coefficient (Wildman–Crippen LogP) is 1.54. The van der Waals surface area contributed by atoms with Crippen LogP contribution in [0.15, 0.2) is 0 Å². The Morgan fingerprint density at radius 1 is 1.22 bits per heavy atom. The summed E-state index contributed by atoms with van der Waals surface area (Å²) in [5.41, 5.74) is 0. The number of hydrogen-bond acceptors (Lipinski definition) is 1. The molecule has 1 nitrogen and oxygen atoms in total. The van der Waals surface area contributed by atoms with Gasteiger partial charge >= 0.3 is 0 Å². The fraction of sp³-hybridized carbons (Fsp3) is 1.00. The first kappa shape index (κ1) is 5.72. The average Bonchev–Trinajstić information content (AvgIpc) is 1.87. The summed E-state index contributed by atoms with van der Waals surface area (Å²) in [5.74, 6) is 1.05. The van der Waals surface area contributed by atoms with Crippen LogP contribution in [0.3, 0.4) is 0 Å². The predicted molar refractivity (Wildman–Crippen MR) is 38.3 cm³/mol. The molecule has 2 saturated heterocycles. The Hall–Kier alpha value is -0.0400. The van der Waals surface area contributed by atoms with Crippen molar-refractivity contribution in [2.24, 2.45) is 5.92 Å². The van der Waals surface area contributed by atoms with Gasteiger partial charge in [0.2, 0.25) is 0 Å². The maximum Gasteiger partial charge on any atom is 0.00871 e. The van der Waals surface area contributed by atoms with E-state index in [-0.39, 0.29) is 0 Å². The third-order valence-electron chi connectivity index (χ3n) is 2.85. The van der Waals surface area contributed by atoms with Crippen LogP contribution in [-0.4, -0.2) is 12.1 Å². The van der Waals surface area contributed by atoms with Gasteiger partial charge in [0.05, 0.1) is 0 Å². The zero-order valence-electron chi connectivity index (χ0n) is 6.06. The van der Waals surface area contributed by atoms with E-state index in [1.54, 1.807) is 0 Å². The normalized spacial score (nSPS) is 48.3. The highest BCUT2D eigenvalue weighted by Crippen LogP contribution is 2.33. The van der Waals surface area contributed by atoms with Crippen molar-refractivity contribution >= 4 is 0 Å². The molecule has 1 heteroatoms. The van der Waals surface area contributed by atoms with E-state index < -0.39 is 0 Å². The number of fused-ring (bicyclic) bond motifs is 2. The topological polar surface area (TPSA) is 12.0 Å². The van der Waals surface area contributed by atoms with Crippen LogP contribution in [0.25, 0.3) is 0 Å². The van der Waals surface area contributed by atoms with Crippen LogP contribution in [0.1, 0.15) is 32.6 Å². The fourth-order valence-corrected chi connectivity index (χ4v) is 2.22. The van der Waals surface area contributed by atoms with E-state index in [4.69, 9.17) is 0 Å². The number of rotatable bonds is 1. The second-order valence-corrected chi connectivity index (χ2v) is 3.54. The third-order valence-corrected chi connectivity index (χ3v) is 2.85. The van der Waals surface area contributed by atoms with Gasteiger partial charge < -0.3 is 5.32 Å². The van der Waals surface area contributed by atoms with Crippen LogP contribution < -0.4 is 5.32 Å². The molecule has 0 amide bonds. The Labute approximate surface area is 56.8 Å². The standard InChI is InChI=1S/C8H15N/c1-2-6-3-7-5-8(4-6)9-7/h6-9H,2-5H2,1H3. The quantitative estimate of drug-likeness (QED) is 0.560. The van der Waals surface area contributed by atoms with Gasteiger partial charge in [0.1, 0.15) is 0 Å². The Kier molecular flexibility index (Phi) is 1.26. The van der Waals surface area contributed by atoms with Gasteiger partial charge in [-0.25, -0.2) is 0 Å². The highest BCUT2D eigenvalue weighted by atomic mass is 15.0. The molecular formula is C8H15N. The minimum absolute atomic E-state index is 0.911. The summed E-state index contributed by atoms with van der Waals surface area (Å²) in [4.78, 5) is 0. The molecule has 0 spiro atoms. The van der Waals surface area contributed by atoms with Crippen molar-refractivity contribution in [3.8, 4) is 0 Å². The van der Waals surface area contributed by atoms with Crippen molar-refractivity contribution in [3.05, 3.63) is 0 Å². The molecular weight excluding hydrogens is 110 g/mol. The molecule has 1 saturated carbocycles. The van der Waals surface area contributed by atoms with Crippen LogP contribution in [-0.2, 0) is 0 Å². The zero-order chi connectivity index (χ0) is 6.27. The molecule has 0 aromatic carbocycles. The van der Waals surface area contributed by atoms with E-state index >= 15 is 0 Å². The SMILES string of the molecule is CCC1CC2CC(C1)N2. The second-order valence-electron chi connectivity index (χ2n) is 3.54. The fourth-order valence-electron chi connectivity index (χ4n) is 2.22. The molecule has 0 radical (unpaired) electrons. The summed E-state index contributed by atoms with van der Waals surface area (Å²) in [6, 6.07) is 1.82. The molecule has 0 aromatic heterocycles. The molecule has 52 valence electrons. The lowest BCUT2D eigenvalue weighted by molar-refractivity contribution is 0.126. The third kappa shape index (κ3) is 0.877. The Balaban J connectivity index is 1.89. The summed E-state index contributed by atoms with van der Waals surface area (Å²) in [5, 5.41) is 3.54. The molecule has 3 aliphatic rings. The summed E-state index contributed by atoms with van der Waals surface area (Å²) in [6.45, 7) is 2.31. The van der Waals surface area contributed by atoms with Gasteiger partial charge in [-0.3, -0.25) is 0 Å². The molecule has 9 heavy (non-hydrogen) atoms. The highest BCUT2D eigenvalue weighted by Gasteiger charge is 2.36. The lowest BCUT2D eigenvalue weighted by atomic mass is 9.75. The van der Waals surface area contributed by atoms with E-state index in [1.807, 2.05) is 0 Å². The van der Waals surface area contributed by atoms with Gasteiger partial charge in [0.25, 0.3) is 0 Å².